The molecule has 0 aliphatic heterocycles. The Hall–Kier alpha value is -1.55. The van der Waals surface area contributed by atoms with Crippen molar-refractivity contribution in [1.29, 1.82) is 0 Å². The molecular weight excluding hydrogens is 254 g/mol. The Bertz CT molecular complexity index is 403. The van der Waals surface area contributed by atoms with Crippen molar-refractivity contribution in [3.63, 3.8) is 0 Å². The smallest absolute Gasteiger partial charge is 0.304 e. The van der Waals surface area contributed by atoms with Gasteiger partial charge in [-0.25, -0.2) is 0 Å². The van der Waals surface area contributed by atoms with Crippen molar-refractivity contribution in [2.75, 3.05) is 19.7 Å². The van der Waals surface area contributed by atoms with Crippen molar-refractivity contribution in [1.82, 2.24) is 4.90 Å². The average molecular weight is 279 g/mol. The third kappa shape index (κ3) is 6.06. The van der Waals surface area contributed by atoms with Crippen LogP contribution in [0.3, 0.4) is 0 Å². The molecule has 1 N–H and O–H groups in total. The summed E-state index contributed by atoms with van der Waals surface area (Å²) in [5, 5.41) is 8.79. The summed E-state index contributed by atoms with van der Waals surface area (Å²) in [5.74, 6) is 0.107. The Morgan fingerprint density at radius 3 is 2.50 bits per heavy atom. The fourth-order valence-electron chi connectivity index (χ4n) is 1.97. The Kier molecular flexibility index (Phi) is 7.09. The average Bonchev–Trinajstić information content (AvgIpc) is 2.43. The van der Waals surface area contributed by atoms with E-state index in [4.69, 9.17) is 9.84 Å². The van der Waals surface area contributed by atoms with Crippen LogP contribution in [-0.2, 0) is 4.79 Å². The van der Waals surface area contributed by atoms with Crippen LogP contribution in [0.1, 0.15) is 32.3 Å². The highest BCUT2D eigenvalue weighted by molar-refractivity contribution is 5.66. The molecule has 4 nitrogen and oxygen atoms in total. The van der Waals surface area contributed by atoms with Crippen LogP contribution in [0.4, 0.5) is 0 Å². The number of rotatable bonds is 9. The lowest BCUT2D eigenvalue weighted by molar-refractivity contribution is -0.137. The summed E-state index contributed by atoms with van der Waals surface area (Å²) in [6, 6.07) is 8.33. The number of carboxylic acids is 1. The van der Waals surface area contributed by atoms with E-state index in [0.29, 0.717) is 19.2 Å². The zero-order valence-electron chi connectivity index (χ0n) is 12.6. The number of aryl methyl sites for hydroxylation is 1. The number of ether oxygens (including phenoxy) is 1. The second-order valence-electron chi connectivity index (χ2n) is 5.10. The van der Waals surface area contributed by atoms with Gasteiger partial charge in [-0.2, -0.15) is 0 Å². The summed E-state index contributed by atoms with van der Waals surface area (Å²) >= 11 is 0. The number of carboxylic acid groups (broad SMARTS) is 1. The van der Waals surface area contributed by atoms with E-state index in [9.17, 15) is 4.79 Å². The molecule has 0 amide bonds. The van der Waals surface area contributed by atoms with Gasteiger partial charge < -0.3 is 9.84 Å². The van der Waals surface area contributed by atoms with Crippen LogP contribution in [0.15, 0.2) is 24.3 Å². The molecule has 112 valence electrons. The van der Waals surface area contributed by atoms with Gasteiger partial charge in [-0.3, -0.25) is 9.69 Å². The van der Waals surface area contributed by atoms with Gasteiger partial charge >= 0.3 is 5.97 Å². The molecule has 0 aliphatic rings. The quantitative estimate of drug-likeness (QED) is 0.755. The molecule has 0 aromatic heterocycles. The van der Waals surface area contributed by atoms with E-state index in [1.54, 1.807) is 0 Å². The molecule has 0 spiro atoms. The van der Waals surface area contributed by atoms with Crippen molar-refractivity contribution in [3.05, 3.63) is 29.8 Å². The second-order valence-corrected chi connectivity index (χ2v) is 5.10. The lowest BCUT2D eigenvalue weighted by Gasteiger charge is -2.27. The van der Waals surface area contributed by atoms with E-state index in [1.165, 1.54) is 5.56 Å². The molecule has 0 radical (unpaired) electrons. The molecule has 0 fully saturated rings. The van der Waals surface area contributed by atoms with Gasteiger partial charge in [0.2, 0.25) is 0 Å². The summed E-state index contributed by atoms with van der Waals surface area (Å²) in [5.41, 5.74) is 1.21. The van der Waals surface area contributed by atoms with Crippen molar-refractivity contribution in [3.8, 4) is 5.75 Å². The maximum Gasteiger partial charge on any atom is 0.304 e. The fourth-order valence-corrected chi connectivity index (χ4v) is 1.97. The van der Waals surface area contributed by atoms with Crippen LogP contribution in [0.2, 0.25) is 0 Å². The number of nitrogens with zero attached hydrogens (tertiary/aromatic N) is 1. The number of hydrogen-bond acceptors (Lipinski definition) is 3. The minimum absolute atomic E-state index is 0.175. The number of benzene rings is 1. The van der Waals surface area contributed by atoms with E-state index in [2.05, 4.69) is 18.7 Å². The van der Waals surface area contributed by atoms with Crippen LogP contribution >= 0.6 is 0 Å². The van der Waals surface area contributed by atoms with Crippen LogP contribution in [0.5, 0.6) is 5.75 Å². The molecule has 1 unspecified atom stereocenters. The Balaban J connectivity index is 2.40. The number of carbonyl (C=O) groups is 1. The summed E-state index contributed by atoms with van der Waals surface area (Å²) in [6.45, 7) is 8.16. The van der Waals surface area contributed by atoms with Gasteiger partial charge in [0.1, 0.15) is 12.4 Å². The molecule has 0 saturated heterocycles. The third-order valence-corrected chi connectivity index (χ3v) is 3.50. The molecule has 0 bridgehead atoms. The molecular formula is C16H25NO3. The van der Waals surface area contributed by atoms with Crippen molar-refractivity contribution in [2.24, 2.45) is 0 Å². The van der Waals surface area contributed by atoms with E-state index in [1.807, 2.05) is 31.2 Å². The van der Waals surface area contributed by atoms with Gasteiger partial charge in [0, 0.05) is 19.1 Å². The molecule has 20 heavy (non-hydrogen) atoms. The third-order valence-electron chi connectivity index (χ3n) is 3.50. The first-order valence-corrected chi connectivity index (χ1v) is 7.18. The first-order valence-electron chi connectivity index (χ1n) is 7.18. The Labute approximate surface area is 121 Å². The van der Waals surface area contributed by atoms with Gasteiger partial charge in [-0.05, 0) is 32.4 Å². The fraction of sp³-hybridized carbons (Fsp3) is 0.562. The second kappa shape index (κ2) is 8.59. The molecule has 0 aliphatic carbocycles. The first-order chi connectivity index (χ1) is 9.52. The largest absolute Gasteiger partial charge is 0.492 e. The van der Waals surface area contributed by atoms with E-state index < -0.39 is 5.97 Å². The lowest BCUT2D eigenvalue weighted by atomic mass is 10.2. The van der Waals surface area contributed by atoms with Crippen LogP contribution in [-0.4, -0.2) is 41.7 Å². The van der Waals surface area contributed by atoms with Crippen molar-refractivity contribution >= 4 is 5.97 Å². The standard InChI is InChI=1S/C16H25NO3/c1-4-14(3)17(10-9-16(18)19)11-12-20-15-7-5-13(2)6-8-15/h5-8,14H,4,9-12H2,1-3H3,(H,18,19). The highest BCUT2D eigenvalue weighted by Gasteiger charge is 2.13. The Morgan fingerprint density at radius 2 is 1.95 bits per heavy atom. The van der Waals surface area contributed by atoms with Gasteiger partial charge in [0.25, 0.3) is 0 Å². The number of hydrogen-bond donors (Lipinski definition) is 1. The highest BCUT2D eigenvalue weighted by Crippen LogP contribution is 2.12. The minimum atomic E-state index is -0.752. The van der Waals surface area contributed by atoms with E-state index >= 15 is 0 Å². The maximum absolute atomic E-state index is 10.7. The molecule has 0 saturated carbocycles. The molecule has 0 heterocycles. The van der Waals surface area contributed by atoms with Crippen molar-refractivity contribution in [2.45, 2.75) is 39.7 Å². The van der Waals surface area contributed by atoms with Gasteiger partial charge in [-0.15, -0.1) is 0 Å². The predicted molar refractivity (Wildman–Crippen MR) is 80.3 cm³/mol. The predicted octanol–water partition coefficient (Wildman–Crippen LogP) is 2.95. The molecule has 4 heteroatoms. The summed E-state index contributed by atoms with van der Waals surface area (Å²) in [6.07, 6.45) is 1.18. The van der Waals surface area contributed by atoms with Crippen molar-refractivity contribution < 1.29 is 14.6 Å². The van der Waals surface area contributed by atoms with Gasteiger partial charge in [0.05, 0.1) is 6.42 Å². The zero-order chi connectivity index (χ0) is 15.0. The van der Waals surface area contributed by atoms with Crippen LogP contribution < -0.4 is 4.74 Å². The topological polar surface area (TPSA) is 49.8 Å². The first kappa shape index (κ1) is 16.5. The molecule has 1 aromatic rings. The SMILES string of the molecule is CCC(C)N(CCOc1ccc(C)cc1)CCC(=O)O. The minimum Gasteiger partial charge on any atom is -0.492 e. The summed E-state index contributed by atoms with van der Waals surface area (Å²) in [4.78, 5) is 12.9. The van der Waals surface area contributed by atoms with E-state index in [-0.39, 0.29) is 6.42 Å². The van der Waals surface area contributed by atoms with Gasteiger partial charge in [0.15, 0.2) is 0 Å². The van der Waals surface area contributed by atoms with Crippen LogP contribution in [0, 0.1) is 6.92 Å². The summed E-state index contributed by atoms with van der Waals surface area (Å²) in [7, 11) is 0. The highest BCUT2D eigenvalue weighted by atomic mass is 16.5. The summed E-state index contributed by atoms with van der Waals surface area (Å²) < 4.78 is 5.70. The monoisotopic (exact) mass is 279 g/mol. The lowest BCUT2D eigenvalue weighted by Crippen LogP contribution is -2.37. The van der Waals surface area contributed by atoms with E-state index in [0.717, 1.165) is 18.7 Å². The Morgan fingerprint density at radius 1 is 1.30 bits per heavy atom. The maximum atomic E-state index is 10.7. The molecule has 1 aromatic carbocycles. The van der Waals surface area contributed by atoms with Gasteiger partial charge in [-0.1, -0.05) is 24.6 Å². The van der Waals surface area contributed by atoms with Crippen LogP contribution in [0.25, 0.3) is 0 Å². The molecule has 1 rings (SSSR count). The zero-order valence-corrected chi connectivity index (χ0v) is 12.6. The normalized spacial score (nSPS) is 12.4. The number of aliphatic carboxylic acids is 1. The molecule has 1 atom stereocenters.